The Kier molecular flexibility index (Phi) is 6.02. The summed E-state index contributed by atoms with van der Waals surface area (Å²) >= 11 is 0. The third kappa shape index (κ3) is 3.88. The fraction of sp³-hybridized carbons (Fsp3) is 0.400. The molecular formula is C25H31N5O2. The van der Waals surface area contributed by atoms with Crippen LogP contribution in [0, 0.1) is 6.92 Å². The summed E-state index contributed by atoms with van der Waals surface area (Å²) in [5, 5.41) is 2.88. The van der Waals surface area contributed by atoms with Crippen molar-refractivity contribution in [3.05, 3.63) is 52.6 Å². The molecule has 0 radical (unpaired) electrons. The molecule has 4 heterocycles. The van der Waals surface area contributed by atoms with E-state index in [1.165, 1.54) is 0 Å². The second kappa shape index (κ2) is 8.74. The van der Waals surface area contributed by atoms with E-state index in [2.05, 4.69) is 40.6 Å². The zero-order valence-electron chi connectivity index (χ0n) is 19.3. The number of aromatic nitrogens is 2. The number of nitrogens with zero attached hydrogens (tertiary/aromatic N) is 3. The Balaban J connectivity index is 1.64. The molecule has 2 aliphatic heterocycles. The van der Waals surface area contributed by atoms with E-state index < -0.39 is 0 Å². The summed E-state index contributed by atoms with van der Waals surface area (Å²) in [5.41, 5.74) is 7.06. The van der Waals surface area contributed by atoms with Crippen molar-refractivity contribution >= 4 is 34.7 Å². The lowest BCUT2D eigenvalue weighted by Gasteiger charge is -2.29. The Hall–Kier alpha value is -3.19. The number of carbonyl (C=O) groups is 2. The standard InChI is InChI=1S/C25H31N5O2/c1-6-29(7-2)10-11-30-9-8-19-23(25(30)32)16(5)21(27-19)13-18-17-12-20(15(3)4)26-14-22(17)28-24(18)31/h12-14,27H,3,6-11H2,1-2,4-5H3,(H,28,31). The fourth-order valence-electron chi connectivity index (χ4n) is 4.43. The van der Waals surface area contributed by atoms with Gasteiger partial charge >= 0.3 is 0 Å². The predicted molar refractivity (Wildman–Crippen MR) is 128 cm³/mol. The highest BCUT2D eigenvalue weighted by Gasteiger charge is 2.30. The largest absolute Gasteiger partial charge is 0.358 e. The van der Waals surface area contributed by atoms with Gasteiger partial charge in [0.25, 0.3) is 11.8 Å². The highest BCUT2D eigenvalue weighted by Crippen LogP contribution is 2.35. The second-order valence-electron chi connectivity index (χ2n) is 8.49. The van der Waals surface area contributed by atoms with Crippen molar-refractivity contribution in [2.75, 3.05) is 38.0 Å². The van der Waals surface area contributed by atoms with E-state index in [-0.39, 0.29) is 11.8 Å². The minimum absolute atomic E-state index is 0.0712. The second-order valence-corrected chi connectivity index (χ2v) is 8.49. The van der Waals surface area contributed by atoms with Crippen LogP contribution in [0.25, 0.3) is 17.2 Å². The van der Waals surface area contributed by atoms with Crippen LogP contribution in [0.4, 0.5) is 5.69 Å². The molecule has 0 spiro atoms. The Morgan fingerprint density at radius 3 is 2.75 bits per heavy atom. The number of likely N-dealkylation sites (N-methyl/N-ethyl adjacent to an activating group) is 1. The molecule has 0 aromatic carbocycles. The molecule has 2 aromatic heterocycles. The van der Waals surface area contributed by atoms with E-state index in [0.717, 1.165) is 71.9 Å². The van der Waals surface area contributed by atoms with Gasteiger partial charge in [-0.1, -0.05) is 20.4 Å². The summed E-state index contributed by atoms with van der Waals surface area (Å²) in [4.78, 5) is 37.9. The molecular weight excluding hydrogens is 402 g/mol. The van der Waals surface area contributed by atoms with Crippen molar-refractivity contribution in [2.45, 2.75) is 34.1 Å². The van der Waals surface area contributed by atoms with Crippen LogP contribution in [0.1, 0.15) is 59.3 Å². The number of pyridine rings is 1. The number of fused-ring (bicyclic) bond motifs is 2. The maximum Gasteiger partial charge on any atom is 0.256 e. The van der Waals surface area contributed by atoms with Gasteiger partial charge < -0.3 is 20.1 Å². The van der Waals surface area contributed by atoms with Gasteiger partial charge in [-0.3, -0.25) is 14.6 Å². The molecule has 0 saturated heterocycles. The first-order valence-corrected chi connectivity index (χ1v) is 11.3. The third-order valence-corrected chi connectivity index (χ3v) is 6.49. The van der Waals surface area contributed by atoms with Gasteiger partial charge in [-0.15, -0.1) is 0 Å². The number of hydrogen-bond donors (Lipinski definition) is 2. The zero-order valence-corrected chi connectivity index (χ0v) is 19.3. The Bertz CT molecular complexity index is 1120. The highest BCUT2D eigenvalue weighted by atomic mass is 16.2. The molecule has 0 bridgehead atoms. The van der Waals surface area contributed by atoms with Crippen molar-refractivity contribution in [1.82, 2.24) is 19.8 Å². The van der Waals surface area contributed by atoms with E-state index in [1.807, 2.05) is 30.9 Å². The molecule has 0 fully saturated rings. The van der Waals surface area contributed by atoms with E-state index in [0.29, 0.717) is 17.8 Å². The maximum absolute atomic E-state index is 13.2. The fourth-order valence-corrected chi connectivity index (χ4v) is 4.43. The van der Waals surface area contributed by atoms with Crippen molar-refractivity contribution in [2.24, 2.45) is 0 Å². The number of H-pyrrole nitrogens is 1. The van der Waals surface area contributed by atoms with Crippen LogP contribution in [0.5, 0.6) is 0 Å². The van der Waals surface area contributed by atoms with Crippen LogP contribution in [-0.4, -0.2) is 64.3 Å². The summed E-state index contributed by atoms with van der Waals surface area (Å²) < 4.78 is 0. The van der Waals surface area contributed by atoms with Crippen molar-refractivity contribution in [1.29, 1.82) is 0 Å². The number of amides is 2. The number of nitrogens with one attached hydrogen (secondary N) is 2. The molecule has 168 valence electrons. The van der Waals surface area contributed by atoms with Gasteiger partial charge in [-0.05, 0) is 50.2 Å². The van der Waals surface area contributed by atoms with E-state index in [4.69, 9.17) is 0 Å². The lowest BCUT2D eigenvalue weighted by molar-refractivity contribution is -0.110. The SMILES string of the molecule is C=C(C)c1cc2c(cn1)NC(=O)C2=Cc1[nH]c2c(c1C)C(=O)N(CCN(CC)CC)CC2. The molecule has 0 unspecified atom stereocenters. The van der Waals surface area contributed by atoms with Crippen LogP contribution < -0.4 is 5.32 Å². The van der Waals surface area contributed by atoms with Gasteiger partial charge in [-0.2, -0.15) is 0 Å². The number of carbonyl (C=O) groups excluding carboxylic acids is 2. The summed E-state index contributed by atoms with van der Waals surface area (Å²) in [6.07, 6.45) is 4.31. The van der Waals surface area contributed by atoms with Crippen molar-refractivity contribution in [3.63, 3.8) is 0 Å². The molecule has 4 rings (SSSR count). The quantitative estimate of drug-likeness (QED) is 0.654. The number of rotatable bonds is 7. The summed E-state index contributed by atoms with van der Waals surface area (Å²) in [5.74, 6) is -0.0957. The first kappa shape index (κ1) is 22.0. The number of anilines is 1. The summed E-state index contributed by atoms with van der Waals surface area (Å²) in [7, 11) is 0. The molecule has 2 N–H and O–H groups in total. The van der Waals surface area contributed by atoms with Crippen LogP contribution >= 0.6 is 0 Å². The monoisotopic (exact) mass is 433 g/mol. The Labute approximate surface area is 189 Å². The highest BCUT2D eigenvalue weighted by molar-refractivity contribution is 6.35. The Morgan fingerprint density at radius 1 is 1.31 bits per heavy atom. The van der Waals surface area contributed by atoms with Gasteiger partial charge in [0.05, 0.1) is 28.7 Å². The van der Waals surface area contributed by atoms with Crippen LogP contribution in [-0.2, 0) is 11.2 Å². The van der Waals surface area contributed by atoms with Gasteiger partial charge in [0.15, 0.2) is 0 Å². The molecule has 2 aliphatic rings. The maximum atomic E-state index is 13.2. The van der Waals surface area contributed by atoms with Crippen LogP contribution in [0.15, 0.2) is 18.8 Å². The number of aromatic amines is 1. The van der Waals surface area contributed by atoms with Crippen LogP contribution in [0.3, 0.4) is 0 Å². The molecule has 0 atom stereocenters. The first-order valence-electron chi connectivity index (χ1n) is 11.3. The summed E-state index contributed by atoms with van der Waals surface area (Å²) in [6.45, 7) is 16.4. The molecule has 0 saturated carbocycles. The lowest BCUT2D eigenvalue weighted by atomic mass is 10.0. The normalized spacial score (nSPS) is 16.5. The van der Waals surface area contributed by atoms with Crippen LogP contribution in [0.2, 0.25) is 0 Å². The van der Waals surface area contributed by atoms with Crippen molar-refractivity contribution in [3.8, 4) is 0 Å². The van der Waals surface area contributed by atoms with E-state index >= 15 is 0 Å². The molecule has 2 aromatic rings. The molecule has 2 amide bonds. The van der Waals surface area contributed by atoms with Gasteiger partial charge in [-0.25, -0.2) is 0 Å². The van der Waals surface area contributed by atoms with E-state index in [1.54, 1.807) is 6.20 Å². The van der Waals surface area contributed by atoms with Gasteiger partial charge in [0.2, 0.25) is 0 Å². The number of allylic oxidation sites excluding steroid dienone is 1. The first-order chi connectivity index (χ1) is 15.3. The van der Waals surface area contributed by atoms with Gasteiger partial charge in [0.1, 0.15) is 0 Å². The minimum Gasteiger partial charge on any atom is -0.358 e. The lowest BCUT2D eigenvalue weighted by Crippen LogP contribution is -2.42. The third-order valence-electron chi connectivity index (χ3n) is 6.49. The Morgan fingerprint density at radius 2 is 2.06 bits per heavy atom. The average molecular weight is 434 g/mol. The zero-order chi connectivity index (χ0) is 23.0. The number of hydrogen-bond acceptors (Lipinski definition) is 4. The predicted octanol–water partition coefficient (Wildman–Crippen LogP) is 3.58. The van der Waals surface area contributed by atoms with Crippen molar-refractivity contribution < 1.29 is 9.59 Å². The minimum atomic E-state index is -0.167. The molecule has 7 heteroatoms. The average Bonchev–Trinajstić information content (AvgIpc) is 3.26. The molecule has 32 heavy (non-hydrogen) atoms. The van der Waals surface area contributed by atoms with Gasteiger partial charge in [0, 0.05) is 43.0 Å². The molecule has 0 aliphatic carbocycles. The smallest absolute Gasteiger partial charge is 0.256 e. The topological polar surface area (TPSA) is 81.3 Å². The van der Waals surface area contributed by atoms with E-state index in [9.17, 15) is 9.59 Å². The summed E-state index contributed by atoms with van der Waals surface area (Å²) in [6, 6.07) is 1.89. The molecule has 7 nitrogen and oxygen atoms in total.